The molecule has 2 aromatic heterocycles. The van der Waals surface area contributed by atoms with Crippen LogP contribution >= 0.6 is 11.8 Å². The standard InChI is InChI=1S/C22H25N5O4S2/c1-5-27-19-10-9-17(33(28,29)26(3)4)12-18(19)23-20(27)14-32-22-25-24-21(31-22)13-30-16-8-6-7-15(2)11-16/h6-12H,5,13-14H2,1-4H3. The number of benzene rings is 2. The highest BCUT2D eigenvalue weighted by Crippen LogP contribution is 2.27. The fraction of sp³-hybridized carbons (Fsp3) is 0.318. The Kier molecular flexibility index (Phi) is 6.73. The summed E-state index contributed by atoms with van der Waals surface area (Å²) in [6.07, 6.45) is 0. The molecule has 9 nitrogen and oxygen atoms in total. The van der Waals surface area contributed by atoms with E-state index >= 15 is 0 Å². The van der Waals surface area contributed by atoms with Gasteiger partial charge >= 0.3 is 0 Å². The van der Waals surface area contributed by atoms with E-state index in [9.17, 15) is 8.42 Å². The lowest BCUT2D eigenvalue weighted by molar-refractivity contribution is 0.252. The Bertz CT molecular complexity index is 1380. The minimum atomic E-state index is -3.53. The van der Waals surface area contributed by atoms with Crippen molar-refractivity contribution in [3.63, 3.8) is 0 Å². The normalized spacial score (nSPS) is 12.0. The van der Waals surface area contributed by atoms with E-state index in [1.54, 1.807) is 18.2 Å². The molecule has 4 aromatic rings. The van der Waals surface area contributed by atoms with Gasteiger partial charge in [0.1, 0.15) is 11.6 Å². The van der Waals surface area contributed by atoms with Gasteiger partial charge in [0.2, 0.25) is 10.0 Å². The van der Waals surface area contributed by atoms with Crippen LogP contribution in [-0.2, 0) is 28.9 Å². The minimum absolute atomic E-state index is 0.188. The molecule has 0 aliphatic rings. The van der Waals surface area contributed by atoms with E-state index < -0.39 is 10.0 Å². The van der Waals surface area contributed by atoms with Crippen molar-refractivity contribution in [1.29, 1.82) is 0 Å². The average Bonchev–Trinajstić information content (AvgIpc) is 3.39. The van der Waals surface area contributed by atoms with E-state index in [0.29, 0.717) is 28.9 Å². The predicted octanol–water partition coefficient (Wildman–Crippen LogP) is 3.87. The quantitative estimate of drug-likeness (QED) is 0.328. The molecule has 0 aliphatic heterocycles. The number of ether oxygens (including phenoxy) is 1. The van der Waals surface area contributed by atoms with Crippen molar-refractivity contribution in [2.24, 2.45) is 0 Å². The van der Waals surface area contributed by atoms with Crippen LogP contribution in [0.1, 0.15) is 24.2 Å². The molecule has 11 heteroatoms. The van der Waals surface area contributed by atoms with E-state index in [1.807, 2.05) is 42.7 Å². The van der Waals surface area contributed by atoms with Gasteiger partial charge in [-0.2, -0.15) is 0 Å². The van der Waals surface area contributed by atoms with Crippen molar-refractivity contribution in [2.75, 3.05) is 14.1 Å². The van der Waals surface area contributed by atoms with Crippen molar-refractivity contribution in [3.8, 4) is 5.75 Å². The molecule has 0 amide bonds. The maximum Gasteiger partial charge on any atom is 0.277 e. The Labute approximate surface area is 196 Å². The molecule has 0 radical (unpaired) electrons. The van der Waals surface area contributed by atoms with Crippen molar-refractivity contribution in [2.45, 2.75) is 42.9 Å². The number of rotatable bonds is 9. The number of thioether (sulfide) groups is 1. The third-order valence-electron chi connectivity index (χ3n) is 5.02. The van der Waals surface area contributed by atoms with Gasteiger partial charge in [-0.25, -0.2) is 17.7 Å². The highest BCUT2D eigenvalue weighted by molar-refractivity contribution is 7.98. The minimum Gasteiger partial charge on any atom is -0.484 e. The molecule has 0 fully saturated rings. The molecule has 0 saturated heterocycles. The van der Waals surface area contributed by atoms with E-state index in [1.165, 1.54) is 30.2 Å². The Morgan fingerprint density at radius 2 is 1.97 bits per heavy atom. The fourth-order valence-electron chi connectivity index (χ4n) is 3.33. The predicted molar refractivity (Wildman–Crippen MR) is 126 cm³/mol. The molecular formula is C22H25N5O4S2. The van der Waals surface area contributed by atoms with Crippen LogP contribution in [0.15, 0.2) is 57.0 Å². The van der Waals surface area contributed by atoms with Gasteiger partial charge in [0.15, 0.2) is 6.61 Å². The first-order chi connectivity index (χ1) is 15.8. The Hall–Kier alpha value is -2.89. The maximum atomic E-state index is 12.5. The zero-order valence-corrected chi connectivity index (χ0v) is 20.5. The third-order valence-corrected chi connectivity index (χ3v) is 7.64. The summed E-state index contributed by atoms with van der Waals surface area (Å²) in [5, 5.41) is 8.55. The van der Waals surface area contributed by atoms with Gasteiger partial charge in [-0.1, -0.05) is 23.9 Å². The van der Waals surface area contributed by atoms with Crippen molar-refractivity contribution >= 4 is 32.8 Å². The van der Waals surface area contributed by atoms with Crippen LogP contribution in [0.5, 0.6) is 5.75 Å². The first-order valence-electron chi connectivity index (χ1n) is 10.3. The summed E-state index contributed by atoms with van der Waals surface area (Å²) in [5.41, 5.74) is 2.62. The van der Waals surface area contributed by atoms with E-state index in [4.69, 9.17) is 9.15 Å². The molecule has 0 saturated carbocycles. The molecule has 0 aliphatic carbocycles. The summed E-state index contributed by atoms with van der Waals surface area (Å²) in [4.78, 5) is 4.89. The zero-order chi connectivity index (χ0) is 23.6. The van der Waals surface area contributed by atoms with Crippen LogP contribution in [0.3, 0.4) is 0 Å². The van der Waals surface area contributed by atoms with Crippen LogP contribution in [0.2, 0.25) is 0 Å². The van der Waals surface area contributed by atoms with E-state index in [0.717, 1.165) is 22.7 Å². The van der Waals surface area contributed by atoms with Crippen molar-refractivity contribution in [1.82, 2.24) is 24.1 Å². The Balaban J connectivity index is 1.47. The number of imidazole rings is 1. The molecule has 4 rings (SSSR count). The number of hydrogen-bond donors (Lipinski definition) is 0. The van der Waals surface area contributed by atoms with Crippen LogP contribution in [0.25, 0.3) is 11.0 Å². The molecule has 0 bridgehead atoms. The van der Waals surface area contributed by atoms with Gasteiger partial charge < -0.3 is 13.7 Å². The van der Waals surface area contributed by atoms with Crippen molar-refractivity contribution < 1.29 is 17.6 Å². The zero-order valence-electron chi connectivity index (χ0n) is 18.8. The molecule has 33 heavy (non-hydrogen) atoms. The number of nitrogens with zero attached hydrogens (tertiary/aromatic N) is 5. The first-order valence-corrected chi connectivity index (χ1v) is 12.8. The number of hydrogen-bond acceptors (Lipinski definition) is 8. The number of aromatic nitrogens is 4. The molecule has 174 valence electrons. The topological polar surface area (TPSA) is 103 Å². The molecule has 0 atom stereocenters. The summed E-state index contributed by atoms with van der Waals surface area (Å²) in [7, 11) is -0.504. The summed E-state index contributed by atoms with van der Waals surface area (Å²) in [6, 6.07) is 12.8. The van der Waals surface area contributed by atoms with Gasteiger partial charge in [0, 0.05) is 20.6 Å². The number of fused-ring (bicyclic) bond motifs is 1. The number of sulfonamides is 1. The second-order valence-electron chi connectivity index (χ2n) is 7.57. The summed E-state index contributed by atoms with van der Waals surface area (Å²) < 4.78 is 39.6. The molecule has 2 aromatic carbocycles. The SMILES string of the molecule is CCn1c(CSc2nnc(COc3cccc(C)c3)o2)nc2cc(S(=O)(=O)N(C)C)ccc21. The third kappa shape index (κ3) is 5.05. The van der Waals surface area contributed by atoms with Gasteiger partial charge in [-0.05, 0) is 49.7 Å². The van der Waals surface area contributed by atoms with Gasteiger partial charge in [0.25, 0.3) is 11.1 Å². The van der Waals surface area contributed by atoms with Crippen LogP contribution in [-0.4, -0.2) is 46.6 Å². The smallest absolute Gasteiger partial charge is 0.277 e. The molecule has 0 N–H and O–H groups in total. The lowest BCUT2D eigenvalue weighted by Gasteiger charge is -2.11. The fourth-order valence-corrected chi connectivity index (χ4v) is 4.97. The summed E-state index contributed by atoms with van der Waals surface area (Å²) >= 11 is 1.37. The molecular weight excluding hydrogens is 462 g/mol. The van der Waals surface area contributed by atoms with E-state index in [2.05, 4.69) is 15.2 Å². The first kappa shape index (κ1) is 23.3. The highest BCUT2D eigenvalue weighted by Gasteiger charge is 2.20. The largest absolute Gasteiger partial charge is 0.484 e. The maximum absolute atomic E-state index is 12.5. The van der Waals surface area contributed by atoms with Gasteiger partial charge in [-0.3, -0.25) is 0 Å². The second-order valence-corrected chi connectivity index (χ2v) is 10.6. The second kappa shape index (κ2) is 9.54. The lowest BCUT2D eigenvalue weighted by atomic mass is 10.2. The molecule has 0 spiro atoms. The number of aryl methyl sites for hydroxylation is 2. The average molecular weight is 488 g/mol. The van der Waals surface area contributed by atoms with E-state index in [-0.39, 0.29) is 11.5 Å². The van der Waals surface area contributed by atoms with Crippen LogP contribution < -0.4 is 4.74 Å². The Morgan fingerprint density at radius 3 is 2.70 bits per heavy atom. The lowest BCUT2D eigenvalue weighted by Crippen LogP contribution is -2.22. The van der Waals surface area contributed by atoms with Crippen molar-refractivity contribution in [3.05, 3.63) is 59.7 Å². The highest BCUT2D eigenvalue weighted by atomic mass is 32.2. The van der Waals surface area contributed by atoms with Crippen LogP contribution in [0.4, 0.5) is 0 Å². The van der Waals surface area contributed by atoms with Crippen LogP contribution in [0, 0.1) is 6.92 Å². The van der Waals surface area contributed by atoms with Gasteiger partial charge in [0.05, 0.1) is 21.7 Å². The Morgan fingerprint density at radius 1 is 1.15 bits per heavy atom. The summed E-state index contributed by atoms with van der Waals surface area (Å²) in [6.45, 7) is 4.91. The summed E-state index contributed by atoms with van der Waals surface area (Å²) in [5.74, 6) is 2.43. The monoisotopic (exact) mass is 487 g/mol. The molecule has 0 unspecified atom stereocenters. The molecule has 2 heterocycles. The van der Waals surface area contributed by atoms with Gasteiger partial charge in [-0.15, -0.1) is 10.2 Å².